The highest BCUT2D eigenvalue weighted by Gasteiger charge is 2.20. The quantitative estimate of drug-likeness (QED) is 0.881. The third kappa shape index (κ3) is 2.92. The molecule has 0 aliphatic carbocycles. The molecule has 0 spiro atoms. The molecule has 0 saturated carbocycles. The van der Waals surface area contributed by atoms with E-state index in [9.17, 15) is 4.79 Å². The lowest BCUT2D eigenvalue weighted by Crippen LogP contribution is -2.19. The number of anilines is 1. The predicted octanol–water partition coefficient (Wildman–Crippen LogP) is 1.93. The van der Waals surface area contributed by atoms with Crippen LogP contribution < -0.4 is 14.4 Å². The molecule has 0 aromatic heterocycles. The molecule has 2 rings (SSSR count). The van der Waals surface area contributed by atoms with Gasteiger partial charge in [-0.3, -0.25) is 4.79 Å². The summed E-state index contributed by atoms with van der Waals surface area (Å²) in [5, 5.41) is 8.92. The minimum atomic E-state index is -0.880. The first-order valence-electron chi connectivity index (χ1n) is 6.37. The molecule has 0 amide bonds. The maximum absolute atomic E-state index is 10.9. The maximum atomic E-state index is 10.9. The molecule has 19 heavy (non-hydrogen) atoms. The van der Waals surface area contributed by atoms with Crippen LogP contribution in [-0.4, -0.2) is 38.4 Å². The lowest BCUT2D eigenvalue weighted by molar-refractivity contribution is -0.136. The van der Waals surface area contributed by atoms with Crippen molar-refractivity contribution in [2.45, 2.75) is 19.3 Å². The number of carboxylic acid groups (broad SMARTS) is 1. The Hall–Kier alpha value is -1.91. The van der Waals surface area contributed by atoms with Gasteiger partial charge in [0.1, 0.15) is 11.5 Å². The first-order valence-corrected chi connectivity index (χ1v) is 6.37. The zero-order valence-corrected chi connectivity index (χ0v) is 11.3. The summed E-state index contributed by atoms with van der Waals surface area (Å²) in [4.78, 5) is 13.1. The summed E-state index contributed by atoms with van der Waals surface area (Å²) in [5.74, 6) is 0.429. The molecular weight excluding hydrogens is 246 g/mol. The molecule has 1 aromatic carbocycles. The van der Waals surface area contributed by atoms with E-state index in [0.29, 0.717) is 17.1 Å². The average molecular weight is 265 g/mol. The lowest BCUT2D eigenvalue weighted by Gasteiger charge is -2.22. The molecule has 0 radical (unpaired) electrons. The third-order valence-corrected chi connectivity index (χ3v) is 3.37. The molecule has 1 aliphatic heterocycles. The number of rotatable bonds is 5. The van der Waals surface area contributed by atoms with Gasteiger partial charge in [0.15, 0.2) is 0 Å². The number of carboxylic acids is 1. The molecule has 0 bridgehead atoms. The van der Waals surface area contributed by atoms with Crippen LogP contribution in [0.5, 0.6) is 11.5 Å². The summed E-state index contributed by atoms with van der Waals surface area (Å²) in [6.07, 6.45) is 2.27. The number of benzene rings is 1. The van der Waals surface area contributed by atoms with Crippen molar-refractivity contribution >= 4 is 11.7 Å². The Morgan fingerprint density at radius 3 is 2.37 bits per heavy atom. The molecule has 104 valence electrons. The van der Waals surface area contributed by atoms with Crippen LogP contribution >= 0.6 is 0 Å². The van der Waals surface area contributed by atoms with Crippen molar-refractivity contribution in [3.8, 4) is 11.5 Å². The number of nitrogens with zero attached hydrogens (tertiary/aromatic N) is 1. The van der Waals surface area contributed by atoms with Gasteiger partial charge < -0.3 is 19.5 Å². The first-order chi connectivity index (χ1) is 9.15. The first kappa shape index (κ1) is 13.5. The smallest absolute Gasteiger partial charge is 0.307 e. The molecule has 0 atom stereocenters. The normalized spacial score (nSPS) is 14.5. The van der Waals surface area contributed by atoms with E-state index in [-0.39, 0.29) is 6.42 Å². The van der Waals surface area contributed by atoms with Crippen LogP contribution in [0.1, 0.15) is 18.4 Å². The van der Waals surface area contributed by atoms with Gasteiger partial charge in [-0.15, -0.1) is 0 Å². The van der Waals surface area contributed by atoms with E-state index in [2.05, 4.69) is 4.90 Å². The second kappa shape index (κ2) is 5.82. The summed E-state index contributed by atoms with van der Waals surface area (Å²) in [7, 11) is 3.16. The second-order valence-corrected chi connectivity index (χ2v) is 4.60. The number of ether oxygens (including phenoxy) is 2. The van der Waals surface area contributed by atoms with Crippen molar-refractivity contribution in [1.29, 1.82) is 0 Å². The Bertz CT molecular complexity index is 467. The Balaban J connectivity index is 2.40. The van der Waals surface area contributed by atoms with E-state index in [4.69, 9.17) is 14.6 Å². The van der Waals surface area contributed by atoms with Gasteiger partial charge in [0.05, 0.1) is 26.3 Å². The van der Waals surface area contributed by atoms with Gasteiger partial charge in [0, 0.05) is 24.7 Å². The molecule has 1 heterocycles. The number of methoxy groups -OCH3 is 2. The monoisotopic (exact) mass is 265 g/mol. The van der Waals surface area contributed by atoms with Crippen molar-refractivity contribution in [2.75, 3.05) is 32.2 Å². The number of hydrogen-bond acceptors (Lipinski definition) is 4. The molecule has 1 aromatic rings. The highest BCUT2D eigenvalue weighted by atomic mass is 16.5. The van der Waals surface area contributed by atoms with Crippen LogP contribution in [0.25, 0.3) is 0 Å². The van der Waals surface area contributed by atoms with Gasteiger partial charge in [0.2, 0.25) is 0 Å². The summed E-state index contributed by atoms with van der Waals surface area (Å²) in [6.45, 7) is 2.00. The highest BCUT2D eigenvalue weighted by Crippen LogP contribution is 2.37. The fourth-order valence-corrected chi connectivity index (χ4v) is 2.45. The van der Waals surface area contributed by atoms with Crippen LogP contribution in [0.15, 0.2) is 12.1 Å². The van der Waals surface area contributed by atoms with Crippen molar-refractivity contribution in [1.82, 2.24) is 0 Å². The fourth-order valence-electron chi connectivity index (χ4n) is 2.45. The third-order valence-electron chi connectivity index (χ3n) is 3.37. The molecule has 5 heteroatoms. The number of hydrogen-bond donors (Lipinski definition) is 1. The van der Waals surface area contributed by atoms with Gasteiger partial charge in [-0.25, -0.2) is 0 Å². The predicted molar refractivity (Wildman–Crippen MR) is 72.3 cm³/mol. The van der Waals surface area contributed by atoms with E-state index in [1.165, 1.54) is 12.8 Å². The van der Waals surface area contributed by atoms with Crippen LogP contribution in [0.3, 0.4) is 0 Å². The summed E-state index contributed by atoms with van der Waals surface area (Å²) >= 11 is 0. The molecular formula is C14H19NO4. The summed E-state index contributed by atoms with van der Waals surface area (Å²) in [5.41, 5.74) is 1.61. The van der Waals surface area contributed by atoms with Crippen LogP contribution in [-0.2, 0) is 11.2 Å². The summed E-state index contributed by atoms with van der Waals surface area (Å²) < 4.78 is 10.7. The van der Waals surface area contributed by atoms with Gasteiger partial charge in [-0.2, -0.15) is 0 Å². The van der Waals surface area contributed by atoms with E-state index >= 15 is 0 Å². The molecule has 1 aliphatic rings. The van der Waals surface area contributed by atoms with Gasteiger partial charge in [-0.05, 0) is 18.9 Å². The molecule has 1 fully saturated rings. The zero-order chi connectivity index (χ0) is 13.8. The standard InChI is InChI=1S/C14H19NO4/c1-18-12-9-11(15-5-3-4-6-15)13(19-2)7-10(12)8-14(16)17/h7,9H,3-6,8H2,1-2H3,(H,16,17). The highest BCUT2D eigenvalue weighted by molar-refractivity contribution is 5.74. The largest absolute Gasteiger partial charge is 0.496 e. The van der Waals surface area contributed by atoms with E-state index in [1.54, 1.807) is 20.3 Å². The summed E-state index contributed by atoms with van der Waals surface area (Å²) in [6, 6.07) is 3.64. The van der Waals surface area contributed by atoms with Gasteiger partial charge >= 0.3 is 5.97 Å². The Morgan fingerprint density at radius 2 is 1.84 bits per heavy atom. The Morgan fingerprint density at radius 1 is 1.21 bits per heavy atom. The van der Waals surface area contributed by atoms with Crippen molar-refractivity contribution in [3.63, 3.8) is 0 Å². The van der Waals surface area contributed by atoms with Crippen LogP contribution in [0.2, 0.25) is 0 Å². The van der Waals surface area contributed by atoms with Crippen molar-refractivity contribution in [2.24, 2.45) is 0 Å². The molecule has 1 N–H and O–H groups in total. The number of aliphatic carboxylic acids is 1. The second-order valence-electron chi connectivity index (χ2n) is 4.60. The van der Waals surface area contributed by atoms with E-state index in [1.807, 2.05) is 6.07 Å². The SMILES string of the molecule is COc1cc(N2CCCC2)c(OC)cc1CC(=O)O. The van der Waals surface area contributed by atoms with Crippen LogP contribution in [0.4, 0.5) is 5.69 Å². The molecule has 5 nitrogen and oxygen atoms in total. The number of carbonyl (C=O) groups is 1. The fraction of sp³-hybridized carbons (Fsp3) is 0.500. The molecule has 1 saturated heterocycles. The van der Waals surface area contributed by atoms with Crippen molar-refractivity contribution < 1.29 is 19.4 Å². The molecule has 0 unspecified atom stereocenters. The lowest BCUT2D eigenvalue weighted by atomic mass is 10.1. The zero-order valence-electron chi connectivity index (χ0n) is 11.3. The Labute approximate surface area is 112 Å². The maximum Gasteiger partial charge on any atom is 0.307 e. The van der Waals surface area contributed by atoms with Gasteiger partial charge in [-0.1, -0.05) is 0 Å². The average Bonchev–Trinajstić information content (AvgIpc) is 2.91. The van der Waals surface area contributed by atoms with E-state index < -0.39 is 5.97 Å². The van der Waals surface area contributed by atoms with E-state index in [0.717, 1.165) is 18.8 Å². The Kier molecular flexibility index (Phi) is 4.14. The minimum absolute atomic E-state index is 0.0696. The van der Waals surface area contributed by atoms with Crippen LogP contribution in [0, 0.1) is 0 Å². The van der Waals surface area contributed by atoms with Crippen molar-refractivity contribution in [3.05, 3.63) is 17.7 Å². The minimum Gasteiger partial charge on any atom is -0.496 e. The topological polar surface area (TPSA) is 59.0 Å². The van der Waals surface area contributed by atoms with Gasteiger partial charge in [0.25, 0.3) is 0 Å².